The van der Waals surface area contributed by atoms with Gasteiger partial charge in [-0.15, -0.1) is 0 Å². The SMILES string of the molecule is CCS(=O)(=O)CCC1(CN)CCCS1. The normalized spacial score (nSPS) is 28.1. The van der Waals surface area contributed by atoms with E-state index in [0.717, 1.165) is 18.6 Å². The van der Waals surface area contributed by atoms with Crippen molar-refractivity contribution in [2.24, 2.45) is 5.73 Å². The van der Waals surface area contributed by atoms with Crippen LogP contribution in [-0.2, 0) is 9.84 Å². The lowest BCUT2D eigenvalue weighted by molar-refractivity contribution is 0.539. The van der Waals surface area contributed by atoms with Crippen LogP contribution in [0, 0.1) is 0 Å². The van der Waals surface area contributed by atoms with E-state index in [1.165, 1.54) is 6.42 Å². The zero-order valence-electron chi connectivity index (χ0n) is 8.66. The largest absolute Gasteiger partial charge is 0.329 e. The Labute approximate surface area is 90.7 Å². The molecule has 3 nitrogen and oxygen atoms in total. The molecule has 1 atom stereocenters. The lowest BCUT2D eigenvalue weighted by Gasteiger charge is -2.25. The summed E-state index contributed by atoms with van der Waals surface area (Å²) in [6, 6.07) is 0. The van der Waals surface area contributed by atoms with Crippen molar-refractivity contribution in [1.82, 2.24) is 0 Å². The van der Waals surface area contributed by atoms with Crippen molar-refractivity contribution in [2.75, 3.05) is 23.8 Å². The summed E-state index contributed by atoms with van der Waals surface area (Å²) >= 11 is 1.85. The molecule has 0 amide bonds. The van der Waals surface area contributed by atoms with Gasteiger partial charge < -0.3 is 5.73 Å². The second-order valence-corrected chi connectivity index (χ2v) is 7.86. The highest BCUT2D eigenvalue weighted by Gasteiger charge is 2.34. The molecule has 1 aliphatic rings. The Kier molecular flexibility index (Phi) is 4.28. The summed E-state index contributed by atoms with van der Waals surface area (Å²) < 4.78 is 22.8. The molecule has 0 aromatic heterocycles. The maximum absolute atomic E-state index is 11.4. The highest BCUT2D eigenvalue weighted by atomic mass is 32.2. The maximum Gasteiger partial charge on any atom is 0.150 e. The summed E-state index contributed by atoms with van der Waals surface area (Å²) in [6.45, 7) is 2.31. The average Bonchev–Trinajstić information content (AvgIpc) is 2.65. The van der Waals surface area contributed by atoms with Gasteiger partial charge in [0, 0.05) is 17.0 Å². The van der Waals surface area contributed by atoms with Crippen molar-refractivity contribution < 1.29 is 8.42 Å². The maximum atomic E-state index is 11.4. The van der Waals surface area contributed by atoms with E-state index in [-0.39, 0.29) is 10.5 Å². The predicted octanol–water partition coefficient (Wildman–Crippen LogP) is 1.04. The van der Waals surface area contributed by atoms with Gasteiger partial charge in [0.25, 0.3) is 0 Å². The van der Waals surface area contributed by atoms with Gasteiger partial charge in [-0.25, -0.2) is 8.42 Å². The summed E-state index contributed by atoms with van der Waals surface area (Å²) in [5, 5.41) is 0. The zero-order valence-corrected chi connectivity index (χ0v) is 10.3. The van der Waals surface area contributed by atoms with Crippen LogP contribution in [0.1, 0.15) is 26.2 Å². The van der Waals surface area contributed by atoms with E-state index in [1.807, 2.05) is 11.8 Å². The number of sulfone groups is 1. The Morgan fingerprint density at radius 2 is 2.21 bits per heavy atom. The summed E-state index contributed by atoms with van der Waals surface area (Å²) in [7, 11) is -2.82. The van der Waals surface area contributed by atoms with Gasteiger partial charge in [-0.3, -0.25) is 0 Å². The van der Waals surface area contributed by atoms with Crippen LogP contribution in [-0.4, -0.2) is 37.0 Å². The predicted molar refractivity (Wildman–Crippen MR) is 62.4 cm³/mol. The number of hydrogen-bond acceptors (Lipinski definition) is 4. The summed E-state index contributed by atoms with van der Waals surface area (Å²) in [6.07, 6.45) is 2.98. The van der Waals surface area contributed by atoms with Gasteiger partial charge in [0.2, 0.25) is 0 Å². The quantitative estimate of drug-likeness (QED) is 0.776. The molecule has 1 aliphatic heterocycles. The fraction of sp³-hybridized carbons (Fsp3) is 1.00. The molecule has 84 valence electrons. The van der Waals surface area contributed by atoms with Gasteiger partial charge in [-0.05, 0) is 25.0 Å². The molecule has 5 heteroatoms. The highest BCUT2D eigenvalue weighted by molar-refractivity contribution is 8.01. The molecule has 0 aromatic carbocycles. The van der Waals surface area contributed by atoms with E-state index in [9.17, 15) is 8.42 Å². The molecule has 1 unspecified atom stereocenters. The van der Waals surface area contributed by atoms with Crippen LogP contribution in [0.25, 0.3) is 0 Å². The molecule has 0 spiro atoms. The minimum Gasteiger partial charge on any atom is -0.329 e. The first kappa shape index (κ1) is 12.3. The Morgan fingerprint density at radius 3 is 2.64 bits per heavy atom. The van der Waals surface area contributed by atoms with Gasteiger partial charge in [0.05, 0.1) is 5.75 Å². The molecular weight excluding hydrogens is 218 g/mol. The smallest absolute Gasteiger partial charge is 0.150 e. The average molecular weight is 237 g/mol. The van der Waals surface area contributed by atoms with E-state index in [1.54, 1.807) is 6.92 Å². The van der Waals surface area contributed by atoms with Crippen molar-refractivity contribution in [3.05, 3.63) is 0 Å². The minimum absolute atomic E-state index is 0.0578. The zero-order chi connectivity index (χ0) is 10.7. The fourth-order valence-corrected chi connectivity index (χ4v) is 4.20. The monoisotopic (exact) mass is 237 g/mol. The van der Waals surface area contributed by atoms with Gasteiger partial charge in [0.1, 0.15) is 9.84 Å². The van der Waals surface area contributed by atoms with E-state index in [0.29, 0.717) is 12.3 Å². The van der Waals surface area contributed by atoms with E-state index in [4.69, 9.17) is 5.73 Å². The van der Waals surface area contributed by atoms with Crippen LogP contribution in [0.5, 0.6) is 0 Å². The van der Waals surface area contributed by atoms with Crippen LogP contribution >= 0.6 is 11.8 Å². The first-order valence-corrected chi connectivity index (χ1v) is 7.89. The van der Waals surface area contributed by atoms with Crippen molar-refractivity contribution >= 4 is 21.6 Å². The fourth-order valence-electron chi connectivity index (χ4n) is 1.70. The molecule has 1 rings (SSSR count). The lowest BCUT2D eigenvalue weighted by Crippen LogP contribution is -2.34. The highest BCUT2D eigenvalue weighted by Crippen LogP contribution is 2.40. The molecule has 0 saturated carbocycles. The Morgan fingerprint density at radius 1 is 1.50 bits per heavy atom. The molecule has 2 N–H and O–H groups in total. The lowest BCUT2D eigenvalue weighted by atomic mass is 10.0. The van der Waals surface area contributed by atoms with Gasteiger partial charge in [-0.2, -0.15) is 11.8 Å². The minimum atomic E-state index is -2.82. The van der Waals surface area contributed by atoms with E-state index >= 15 is 0 Å². The standard InChI is InChI=1S/C9H19NO2S2/c1-2-14(11,12)7-5-9(8-10)4-3-6-13-9/h2-8,10H2,1H3. The second-order valence-electron chi connectivity index (χ2n) is 3.83. The molecule has 1 heterocycles. The van der Waals surface area contributed by atoms with Crippen LogP contribution < -0.4 is 5.73 Å². The number of thioether (sulfide) groups is 1. The summed E-state index contributed by atoms with van der Waals surface area (Å²) in [5.74, 6) is 1.68. The topological polar surface area (TPSA) is 60.2 Å². The van der Waals surface area contributed by atoms with Crippen LogP contribution in [0.2, 0.25) is 0 Å². The van der Waals surface area contributed by atoms with Crippen LogP contribution in [0.4, 0.5) is 0 Å². The molecule has 0 radical (unpaired) electrons. The number of rotatable bonds is 5. The van der Waals surface area contributed by atoms with Gasteiger partial charge >= 0.3 is 0 Å². The molecule has 0 aromatic rings. The van der Waals surface area contributed by atoms with Crippen molar-refractivity contribution in [3.63, 3.8) is 0 Å². The Bertz CT molecular complexity index is 269. The summed E-state index contributed by atoms with van der Waals surface area (Å²) in [4.78, 5) is 0. The van der Waals surface area contributed by atoms with Crippen LogP contribution in [0.15, 0.2) is 0 Å². The molecule has 0 aliphatic carbocycles. The van der Waals surface area contributed by atoms with Crippen molar-refractivity contribution in [2.45, 2.75) is 30.9 Å². The number of nitrogens with two attached hydrogens (primary N) is 1. The molecule has 14 heavy (non-hydrogen) atoms. The van der Waals surface area contributed by atoms with E-state index in [2.05, 4.69) is 0 Å². The van der Waals surface area contributed by atoms with E-state index < -0.39 is 9.84 Å². The number of hydrogen-bond donors (Lipinski definition) is 1. The van der Waals surface area contributed by atoms with Crippen molar-refractivity contribution in [1.29, 1.82) is 0 Å². The summed E-state index contributed by atoms with van der Waals surface area (Å²) in [5.41, 5.74) is 5.72. The molecule has 1 saturated heterocycles. The Balaban J connectivity index is 2.50. The van der Waals surface area contributed by atoms with Gasteiger partial charge in [-0.1, -0.05) is 6.92 Å². The molecular formula is C9H19NO2S2. The molecule has 0 bridgehead atoms. The van der Waals surface area contributed by atoms with Gasteiger partial charge in [0.15, 0.2) is 0 Å². The third-order valence-corrected chi connectivity index (χ3v) is 6.25. The third kappa shape index (κ3) is 3.14. The first-order chi connectivity index (χ1) is 6.54. The second kappa shape index (κ2) is 4.86. The first-order valence-electron chi connectivity index (χ1n) is 5.08. The van der Waals surface area contributed by atoms with Crippen molar-refractivity contribution in [3.8, 4) is 0 Å². The third-order valence-electron chi connectivity index (χ3n) is 2.87. The Hall–Kier alpha value is 0.260. The molecule has 1 fully saturated rings. The van der Waals surface area contributed by atoms with Crippen LogP contribution in [0.3, 0.4) is 0 Å².